The molecule has 0 saturated heterocycles. The molecule has 41 heavy (non-hydrogen) atoms. The highest BCUT2D eigenvalue weighted by Crippen LogP contribution is 2.35. The quantitative estimate of drug-likeness (QED) is 0.0418. The summed E-state index contributed by atoms with van der Waals surface area (Å²) in [5, 5.41) is 0. The third-order valence-electron chi connectivity index (χ3n) is 6.11. The lowest BCUT2D eigenvalue weighted by molar-refractivity contribution is -0.161. The van der Waals surface area contributed by atoms with Gasteiger partial charge in [-0.2, -0.15) is 0 Å². The molecule has 0 aromatic carbocycles. The molecule has 2 N–H and O–H groups in total. The van der Waals surface area contributed by atoms with Crippen LogP contribution in [0.2, 0.25) is 0 Å². The Kier molecular flexibility index (Phi) is 26.8. The van der Waals surface area contributed by atoms with E-state index in [9.17, 15) is 14.2 Å². The minimum atomic E-state index is -4.75. The standard InChI is InChI=1S/C32H55O8P/c1-3-5-7-9-11-13-14-15-16-17-18-19-21-22-24-26-31(33)38-28-30(29-39-41(35,36)37)40-32(34)27-25-23-20-12-10-8-6-4-2/h5,7,11,13,15-16,18-19,30H,3-4,6,8-10,12,14,17,20-29H2,1-2H3,(H2,35,36,37)/b7-5+,13-11+,16-15+,19-18+/t30-/m1/s1. The van der Waals surface area contributed by atoms with Crippen molar-refractivity contribution in [1.29, 1.82) is 0 Å². The van der Waals surface area contributed by atoms with Crippen molar-refractivity contribution in [2.24, 2.45) is 0 Å². The number of phosphoric acid groups is 1. The van der Waals surface area contributed by atoms with Gasteiger partial charge in [0, 0.05) is 12.8 Å². The molecular weight excluding hydrogens is 543 g/mol. The molecule has 0 aromatic heterocycles. The molecule has 236 valence electrons. The number of rotatable bonds is 27. The first-order valence-corrected chi connectivity index (χ1v) is 17.0. The number of ether oxygens (including phenoxy) is 2. The van der Waals surface area contributed by atoms with Crippen LogP contribution in [0, 0.1) is 0 Å². The molecule has 1 atom stereocenters. The second-order valence-corrected chi connectivity index (χ2v) is 11.3. The highest BCUT2D eigenvalue weighted by Gasteiger charge is 2.22. The summed E-state index contributed by atoms with van der Waals surface area (Å²) in [5.74, 6) is -0.945. The molecule has 0 aliphatic rings. The zero-order valence-electron chi connectivity index (χ0n) is 25.4. The highest BCUT2D eigenvalue weighted by molar-refractivity contribution is 7.46. The Hall–Kier alpha value is -1.99. The smallest absolute Gasteiger partial charge is 0.462 e. The highest BCUT2D eigenvalue weighted by atomic mass is 31.2. The SMILES string of the molecule is CC/C=C/C/C=C/C/C=C/C/C=C/CCCCC(=O)OC[C@H](COP(=O)(O)O)OC(=O)CCCCCCCCCC. The van der Waals surface area contributed by atoms with E-state index in [0.717, 1.165) is 57.8 Å². The monoisotopic (exact) mass is 598 g/mol. The summed E-state index contributed by atoms with van der Waals surface area (Å²) in [6.45, 7) is 3.45. The van der Waals surface area contributed by atoms with E-state index in [0.29, 0.717) is 12.8 Å². The molecule has 0 rings (SSSR count). The van der Waals surface area contributed by atoms with Crippen molar-refractivity contribution in [2.45, 2.75) is 129 Å². The van der Waals surface area contributed by atoms with Gasteiger partial charge >= 0.3 is 19.8 Å². The van der Waals surface area contributed by atoms with Gasteiger partial charge in [0.1, 0.15) is 6.61 Å². The third kappa shape index (κ3) is 30.8. The van der Waals surface area contributed by atoms with Crippen molar-refractivity contribution in [3.8, 4) is 0 Å². The van der Waals surface area contributed by atoms with Crippen LogP contribution < -0.4 is 0 Å². The number of carbonyl (C=O) groups is 2. The number of hydrogen-bond acceptors (Lipinski definition) is 6. The van der Waals surface area contributed by atoms with Crippen molar-refractivity contribution < 1.29 is 37.9 Å². The first-order chi connectivity index (χ1) is 19.8. The van der Waals surface area contributed by atoms with Gasteiger partial charge in [-0.1, -0.05) is 107 Å². The van der Waals surface area contributed by atoms with E-state index in [-0.39, 0.29) is 19.4 Å². The van der Waals surface area contributed by atoms with E-state index in [4.69, 9.17) is 19.3 Å². The number of allylic oxidation sites excluding steroid dienone is 8. The maximum absolute atomic E-state index is 12.2. The van der Waals surface area contributed by atoms with Crippen LogP contribution in [0.15, 0.2) is 48.6 Å². The summed E-state index contributed by atoms with van der Waals surface area (Å²) in [6.07, 6.45) is 31.4. The first-order valence-electron chi connectivity index (χ1n) is 15.4. The molecule has 0 amide bonds. The first kappa shape index (κ1) is 39.0. The molecule has 0 heterocycles. The average Bonchev–Trinajstić information content (AvgIpc) is 2.93. The Labute approximate surface area is 248 Å². The second-order valence-electron chi connectivity index (χ2n) is 10.1. The van der Waals surface area contributed by atoms with Gasteiger partial charge in [-0.25, -0.2) is 4.57 Å². The Morgan fingerprint density at radius 1 is 0.659 bits per heavy atom. The molecule has 0 aromatic rings. The Bertz CT molecular complexity index is 813. The summed E-state index contributed by atoms with van der Waals surface area (Å²) in [7, 11) is -4.75. The molecule has 0 radical (unpaired) electrons. The summed E-state index contributed by atoms with van der Waals surface area (Å²) in [6, 6.07) is 0. The minimum Gasteiger partial charge on any atom is -0.462 e. The van der Waals surface area contributed by atoms with Crippen LogP contribution in [-0.4, -0.2) is 41.0 Å². The predicted molar refractivity (Wildman–Crippen MR) is 165 cm³/mol. The molecule has 0 aliphatic heterocycles. The summed E-state index contributed by atoms with van der Waals surface area (Å²) in [4.78, 5) is 42.3. The Morgan fingerprint density at radius 2 is 1.17 bits per heavy atom. The van der Waals surface area contributed by atoms with Gasteiger partial charge in [-0.05, 0) is 51.4 Å². The summed E-state index contributed by atoms with van der Waals surface area (Å²) in [5.41, 5.74) is 0. The van der Waals surface area contributed by atoms with Crippen molar-refractivity contribution in [3.63, 3.8) is 0 Å². The van der Waals surface area contributed by atoms with Crippen molar-refractivity contribution in [3.05, 3.63) is 48.6 Å². The Balaban J connectivity index is 4.12. The van der Waals surface area contributed by atoms with Gasteiger partial charge in [-0.3, -0.25) is 14.1 Å². The number of esters is 2. The van der Waals surface area contributed by atoms with Crippen molar-refractivity contribution >= 4 is 19.8 Å². The normalized spacial score (nSPS) is 13.2. The molecule has 0 bridgehead atoms. The van der Waals surface area contributed by atoms with E-state index in [1.807, 2.05) is 0 Å². The van der Waals surface area contributed by atoms with Crippen LogP contribution >= 0.6 is 7.82 Å². The van der Waals surface area contributed by atoms with E-state index in [1.165, 1.54) is 25.7 Å². The molecule has 0 fully saturated rings. The zero-order valence-corrected chi connectivity index (χ0v) is 26.3. The lowest BCUT2D eigenvalue weighted by Crippen LogP contribution is -2.29. The van der Waals surface area contributed by atoms with E-state index < -0.39 is 32.5 Å². The van der Waals surface area contributed by atoms with Crippen molar-refractivity contribution in [2.75, 3.05) is 13.2 Å². The maximum Gasteiger partial charge on any atom is 0.469 e. The fourth-order valence-corrected chi connectivity index (χ4v) is 4.19. The van der Waals surface area contributed by atoms with E-state index in [1.54, 1.807) is 0 Å². The van der Waals surface area contributed by atoms with Gasteiger partial charge in [0.15, 0.2) is 6.10 Å². The second kappa shape index (κ2) is 28.1. The molecule has 0 unspecified atom stereocenters. The summed E-state index contributed by atoms with van der Waals surface area (Å²) < 4.78 is 26.0. The van der Waals surface area contributed by atoms with Crippen LogP contribution in [-0.2, 0) is 28.2 Å². The molecule has 9 heteroatoms. The topological polar surface area (TPSA) is 119 Å². The van der Waals surface area contributed by atoms with Crippen LogP contribution in [0.25, 0.3) is 0 Å². The van der Waals surface area contributed by atoms with Gasteiger partial charge in [0.25, 0.3) is 0 Å². The Morgan fingerprint density at radius 3 is 1.76 bits per heavy atom. The van der Waals surface area contributed by atoms with Gasteiger partial charge in [-0.15, -0.1) is 0 Å². The fraction of sp³-hybridized carbons (Fsp3) is 0.688. The van der Waals surface area contributed by atoms with Crippen LogP contribution in [0.4, 0.5) is 0 Å². The predicted octanol–water partition coefficient (Wildman–Crippen LogP) is 8.45. The zero-order chi connectivity index (χ0) is 30.4. The maximum atomic E-state index is 12.2. The van der Waals surface area contributed by atoms with Gasteiger partial charge < -0.3 is 19.3 Å². The fourth-order valence-electron chi connectivity index (χ4n) is 3.83. The number of hydrogen-bond donors (Lipinski definition) is 2. The lowest BCUT2D eigenvalue weighted by Gasteiger charge is -2.18. The summed E-state index contributed by atoms with van der Waals surface area (Å²) >= 11 is 0. The largest absolute Gasteiger partial charge is 0.469 e. The van der Waals surface area contributed by atoms with Gasteiger partial charge in [0.05, 0.1) is 6.61 Å². The van der Waals surface area contributed by atoms with E-state index >= 15 is 0 Å². The molecule has 8 nitrogen and oxygen atoms in total. The van der Waals surface area contributed by atoms with Crippen molar-refractivity contribution in [1.82, 2.24) is 0 Å². The minimum absolute atomic E-state index is 0.201. The third-order valence-corrected chi connectivity index (χ3v) is 6.60. The molecule has 0 saturated carbocycles. The van der Waals surface area contributed by atoms with Gasteiger partial charge in [0.2, 0.25) is 0 Å². The van der Waals surface area contributed by atoms with Crippen LogP contribution in [0.3, 0.4) is 0 Å². The molecule has 0 aliphatic carbocycles. The number of phosphoric ester groups is 1. The van der Waals surface area contributed by atoms with E-state index in [2.05, 4.69) is 67.0 Å². The van der Waals surface area contributed by atoms with Crippen LogP contribution in [0.1, 0.15) is 123 Å². The van der Waals surface area contributed by atoms with Crippen LogP contribution in [0.5, 0.6) is 0 Å². The average molecular weight is 599 g/mol. The number of carbonyl (C=O) groups excluding carboxylic acids is 2. The number of unbranched alkanes of at least 4 members (excludes halogenated alkanes) is 9. The lowest BCUT2D eigenvalue weighted by atomic mass is 10.1. The molecular formula is C32H55O8P. The molecule has 0 spiro atoms.